The van der Waals surface area contributed by atoms with E-state index in [2.05, 4.69) is 18.3 Å². The number of methoxy groups -OCH3 is 2. The van der Waals surface area contributed by atoms with Crippen LogP contribution in [0, 0.1) is 17.4 Å². The number of Topliss-reactive ketones (excluding diaryl/α,β-unsaturated/α-hetero) is 1. The summed E-state index contributed by atoms with van der Waals surface area (Å²) in [5, 5.41) is 9.68. The number of hydrogen-bond acceptors (Lipinski definition) is 5. The molecule has 0 spiro atoms. The lowest BCUT2D eigenvalue weighted by molar-refractivity contribution is -0.186. The maximum absolute atomic E-state index is 12.8. The van der Waals surface area contributed by atoms with Crippen molar-refractivity contribution in [3.63, 3.8) is 0 Å². The van der Waals surface area contributed by atoms with Crippen LogP contribution in [-0.4, -0.2) is 43.1 Å². The van der Waals surface area contributed by atoms with Crippen molar-refractivity contribution in [2.45, 2.75) is 49.7 Å². The van der Waals surface area contributed by atoms with Crippen LogP contribution in [0.4, 0.5) is 0 Å². The smallest absolute Gasteiger partial charge is 0.179 e. The van der Waals surface area contributed by atoms with E-state index >= 15 is 0 Å². The molecule has 1 heterocycles. The van der Waals surface area contributed by atoms with Crippen molar-refractivity contribution in [1.82, 2.24) is 4.90 Å². The molecule has 1 saturated carbocycles. The third-order valence-corrected chi connectivity index (χ3v) is 6.88. The van der Waals surface area contributed by atoms with Crippen LogP contribution in [0.25, 0.3) is 0 Å². The molecule has 0 N–H and O–H groups in total. The van der Waals surface area contributed by atoms with Gasteiger partial charge in [0.05, 0.1) is 18.8 Å². The Balaban J connectivity index is 1.98. The van der Waals surface area contributed by atoms with Gasteiger partial charge in [-0.2, -0.15) is 5.26 Å². The molecule has 2 fully saturated rings. The Kier molecular flexibility index (Phi) is 3.59. The van der Waals surface area contributed by atoms with Gasteiger partial charge in [-0.25, -0.2) is 0 Å². The lowest BCUT2D eigenvalue weighted by atomic mass is 9.48. The predicted molar refractivity (Wildman–Crippen MR) is 92.2 cm³/mol. The number of likely N-dealkylation sites (tertiary alicyclic amines) is 1. The number of benzene rings is 1. The molecular weight excluding hydrogens is 316 g/mol. The van der Waals surface area contributed by atoms with E-state index in [1.54, 1.807) is 14.2 Å². The first-order chi connectivity index (χ1) is 12.0. The van der Waals surface area contributed by atoms with Gasteiger partial charge < -0.3 is 14.4 Å². The fourth-order valence-corrected chi connectivity index (χ4v) is 5.64. The Bertz CT molecular complexity index is 771. The van der Waals surface area contributed by atoms with Crippen molar-refractivity contribution in [2.75, 3.05) is 20.8 Å². The molecule has 5 heteroatoms. The summed E-state index contributed by atoms with van der Waals surface area (Å²) < 4.78 is 11.7. The second kappa shape index (κ2) is 5.47. The zero-order valence-corrected chi connectivity index (χ0v) is 15.0. The Morgan fingerprint density at radius 1 is 1.36 bits per heavy atom. The molecule has 0 unspecified atom stereocenters. The van der Waals surface area contributed by atoms with Crippen LogP contribution >= 0.6 is 0 Å². The lowest BCUT2D eigenvalue weighted by Crippen LogP contribution is -2.74. The van der Waals surface area contributed by atoms with E-state index < -0.39 is 5.60 Å². The number of nitriles is 1. The molecule has 25 heavy (non-hydrogen) atoms. The average Bonchev–Trinajstić information content (AvgIpc) is 2.62. The molecule has 1 aromatic rings. The van der Waals surface area contributed by atoms with Crippen LogP contribution in [0.2, 0.25) is 0 Å². The van der Waals surface area contributed by atoms with Crippen molar-refractivity contribution in [2.24, 2.45) is 5.92 Å². The Labute approximate surface area is 148 Å². The van der Waals surface area contributed by atoms with Crippen LogP contribution < -0.4 is 4.74 Å². The topological polar surface area (TPSA) is 62.6 Å². The minimum atomic E-state index is -0.506. The van der Waals surface area contributed by atoms with Gasteiger partial charge in [0.2, 0.25) is 0 Å². The van der Waals surface area contributed by atoms with E-state index in [0.29, 0.717) is 25.2 Å². The number of piperidine rings is 1. The minimum Gasteiger partial charge on any atom is -0.497 e. The zero-order chi connectivity index (χ0) is 17.8. The molecule has 0 amide bonds. The van der Waals surface area contributed by atoms with Gasteiger partial charge in [-0.1, -0.05) is 13.0 Å². The number of carbonyl (C=O) groups is 1. The SMILES string of the molecule is COc1ccc2c(c1)[C@]13CCN(C#N)[C@H](C2)[C@]1(OC)C[C@H](C)C(=O)C3. The van der Waals surface area contributed by atoms with E-state index in [0.717, 1.165) is 18.6 Å². The molecule has 2 bridgehead atoms. The molecule has 4 atom stereocenters. The number of nitrogens with zero attached hydrogens (tertiary/aromatic N) is 2. The minimum absolute atomic E-state index is 0.0207. The normalized spacial score (nSPS) is 36.2. The number of fused-ring (bicyclic) bond motifs is 1. The van der Waals surface area contributed by atoms with Crippen molar-refractivity contribution in [3.05, 3.63) is 29.3 Å². The Morgan fingerprint density at radius 2 is 2.16 bits per heavy atom. The summed E-state index contributed by atoms with van der Waals surface area (Å²) in [6, 6.07) is 6.12. The van der Waals surface area contributed by atoms with Crippen LogP contribution in [0.1, 0.15) is 37.3 Å². The van der Waals surface area contributed by atoms with E-state index in [1.165, 1.54) is 11.1 Å². The Morgan fingerprint density at radius 3 is 2.84 bits per heavy atom. The summed E-state index contributed by atoms with van der Waals surface area (Å²) in [6.07, 6.45) is 5.04. The molecule has 2 aliphatic carbocycles. The predicted octanol–water partition coefficient (Wildman–Crippen LogP) is 2.43. The molecule has 132 valence electrons. The summed E-state index contributed by atoms with van der Waals surface area (Å²) in [7, 11) is 3.41. The van der Waals surface area contributed by atoms with Gasteiger partial charge in [-0.15, -0.1) is 0 Å². The number of ether oxygens (including phenoxy) is 2. The van der Waals surface area contributed by atoms with E-state index in [9.17, 15) is 10.1 Å². The largest absolute Gasteiger partial charge is 0.497 e. The van der Waals surface area contributed by atoms with Crippen LogP contribution in [0.15, 0.2) is 18.2 Å². The lowest BCUT2D eigenvalue weighted by Gasteiger charge is -2.64. The van der Waals surface area contributed by atoms with Crippen molar-refractivity contribution in [1.29, 1.82) is 5.26 Å². The van der Waals surface area contributed by atoms with Crippen molar-refractivity contribution >= 4 is 5.78 Å². The average molecular weight is 340 g/mol. The number of ketones is 1. The van der Waals surface area contributed by atoms with Gasteiger partial charge in [0, 0.05) is 31.4 Å². The number of hydrogen-bond donors (Lipinski definition) is 0. The fraction of sp³-hybridized carbons (Fsp3) is 0.600. The highest BCUT2D eigenvalue weighted by Crippen LogP contribution is 2.60. The van der Waals surface area contributed by atoms with Gasteiger partial charge in [0.15, 0.2) is 6.19 Å². The third-order valence-electron chi connectivity index (χ3n) is 6.88. The molecule has 1 aromatic carbocycles. The van der Waals surface area contributed by atoms with Crippen molar-refractivity contribution in [3.8, 4) is 11.9 Å². The quantitative estimate of drug-likeness (QED) is 0.774. The van der Waals surface area contributed by atoms with Gasteiger partial charge in [-0.3, -0.25) is 4.79 Å². The van der Waals surface area contributed by atoms with E-state index in [-0.39, 0.29) is 17.4 Å². The highest BCUT2D eigenvalue weighted by molar-refractivity contribution is 5.84. The highest BCUT2D eigenvalue weighted by atomic mass is 16.5. The molecular formula is C20H24N2O3. The van der Waals surface area contributed by atoms with Gasteiger partial charge in [0.1, 0.15) is 11.5 Å². The number of rotatable bonds is 2. The molecule has 3 aliphatic rings. The maximum Gasteiger partial charge on any atom is 0.179 e. The molecule has 0 aromatic heterocycles. The molecule has 1 aliphatic heterocycles. The first-order valence-corrected chi connectivity index (χ1v) is 8.93. The number of carbonyl (C=O) groups excluding carboxylic acids is 1. The molecule has 1 saturated heterocycles. The molecule has 0 radical (unpaired) electrons. The summed E-state index contributed by atoms with van der Waals surface area (Å²) in [6.45, 7) is 2.66. The monoisotopic (exact) mass is 340 g/mol. The van der Waals surface area contributed by atoms with E-state index in [4.69, 9.17) is 9.47 Å². The van der Waals surface area contributed by atoms with Crippen molar-refractivity contribution < 1.29 is 14.3 Å². The van der Waals surface area contributed by atoms with Gasteiger partial charge in [0.25, 0.3) is 0 Å². The Hall–Kier alpha value is -2.06. The summed E-state index contributed by atoms with van der Waals surface area (Å²) in [4.78, 5) is 14.6. The molecule has 5 nitrogen and oxygen atoms in total. The van der Waals surface area contributed by atoms with Crippen LogP contribution in [0.3, 0.4) is 0 Å². The second-order valence-electron chi connectivity index (χ2n) is 7.71. The summed E-state index contributed by atoms with van der Waals surface area (Å²) in [5.41, 5.74) is 1.52. The maximum atomic E-state index is 12.8. The second-order valence-corrected chi connectivity index (χ2v) is 7.71. The zero-order valence-electron chi connectivity index (χ0n) is 15.0. The molecule has 4 rings (SSSR count). The van der Waals surface area contributed by atoms with E-state index in [1.807, 2.05) is 17.9 Å². The van der Waals surface area contributed by atoms with Gasteiger partial charge in [-0.05, 0) is 42.5 Å². The third kappa shape index (κ3) is 1.95. The van der Waals surface area contributed by atoms with Crippen LogP contribution in [-0.2, 0) is 21.4 Å². The first-order valence-electron chi connectivity index (χ1n) is 8.93. The summed E-state index contributed by atoms with van der Waals surface area (Å²) >= 11 is 0. The highest BCUT2D eigenvalue weighted by Gasteiger charge is 2.67. The standard InChI is InChI=1S/C20H24N2O3/c1-13-10-20(25-3)18-8-14-4-5-15(24-2)9-16(14)19(20,11-17(13)23)6-7-22(18)12-21/h4-5,9,13,18H,6-8,10-11H2,1-3H3/t13-,18+,19+,20+/m0/s1. The first kappa shape index (κ1) is 16.4. The van der Waals surface area contributed by atoms with Gasteiger partial charge >= 0.3 is 0 Å². The van der Waals surface area contributed by atoms with Crippen LogP contribution in [0.5, 0.6) is 5.75 Å². The fourth-order valence-electron chi connectivity index (χ4n) is 5.64. The summed E-state index contributed by atoms with van der Waals surface area (Å²) in [5.74, 6) is 1.07.